The van der Waals surface area contributed by atoms with Gasteiger partial charge in [-0.25, -0.2) is 9.13 Å². The molecular weight excluding hydrogens is 1380 g/mol. The minimum absolute atomic E-state index is 0.0256. The fourth-order valence-corrected chi connectivity index (χ4v) is 11.8. The molecule has 0 radical (unpaired) electrons. The maximum Gasteiger partial charge on any atom is 0.472 e. The van der Waals surface area contributed by atoms with Crippen molar-refractivity contribution in [1.29, 1.82) is 0 Å². The number of aliphatic hydroxyl groups is 1. The standard InChI is InChI=1S/C87H144O17P2/c1-5-9-13-17-21-25-29-33-37-39-40-42-45-48-52-56-60-64-68-72-85(90)98-78-83(104-87(92)74-70-66-62-58-54-50-46-41-38-34-30-26-22-18-14-10-6-2)80-102-106(95,96)100-76-81(88)75-99-105(93,94)101-79-82(103-86(91)73-69-65-61-57-53-49-44-36-32-28-24-20-16-12-8-4)77-97-84(89)71-67-63-59-55-51-47-43-35-31-27-23-19-15-11-7-3/h9,13,21-28,33-38,40,42-44,46,48,50,52,60,64,81-83,88H,5-8,10-12,14-20,29-32,39,41,45,47,49,51,53-59,61-63,65-80H2,1-4H3,(H,93,94)(H,95,96). The molecule has 0 aliphatic rings. The van der Waals surface area contributed by atoms with Crippen molar-refractivity contribution in [3.63, 3.8) is 0 Å². The molecule has 5 atom stereocenters. The number of phosphoric acid groups is 2. The van der Waals surface area contributed by atoms with Gasteiger partial charge in [-0.2, -0.15) is 0 Å². The number of aliphatic hydroxyl groups excluding tert-OH is 1. The van der Waals surface area contributed by atoms with Crippen LogP contribution in [0.25, 0.3) is 0 Å². The number of allylic oxidation sites excluding steroid dienone is 26. The molecule has 0 saturated heterocycles. The highest BCUT2D eigenvalue weighted by Gasteiger charge is 2.30. The van der Waals surface area contributed by atoms with Crippen LogP contribution in [0.4, 0.5) is 0 Å². The van der Waals surface area contributed by atoms with Crippen LogP contribution in [0.3, 0.4) is 0 Å². The van der Waals surface area contributed by atoms with Crippen LogP contribution >= 0.6 is 15.6 Å². The van der Waals surface area contributed by atoms with E-state index in [4.69, 9.17) is 37.0 Å². The molecule has 3 N–H and O–H groups in total. The first-order valence-corrected chi connectivity index (χ1v) is 43.7. The fourth-order valence-electron chi connectivity index (χ4n) is 10.3. The van der Waals surface area contributed by atoms with Gasteiger partial charge in [0.2, 0.25) is 0 Å². The third-order valence-electron chi connectivity index (χ3n) is 16.5. The molecule has 0 heterocycles. The average molecular weight is 1520 g/mol. The van der Waals surface area contributed by atoms with E-state index in [1.54, 1.807) is 0 Å². The molecular formula is C87H144O17P2. The maximum absolute atomic E-state index is 13.1. The highest BCUT2D eigenvalue weighted by Crippen LogP contribution is 2.45. The van der Waals surface area contributed by atoms with E-state index in [1.807, 2.05) is 18.2 Å². The zero-order chi connectivity index (χ0) is 77.4. The molecule has 0 aliphatic carbocycles. The van der Waals surface area contributed by atoms with Crippen molar-refractivity contribution >= 4 is 39.5 Å². The molecule has 0 rings (SSSR count). The van der Waals surface area contributed by atoms with E-state index in [1.165, 1.54) is 57.8 Å². The molecule has 19 heteroatoms. The lowest BCUT2D eigenvalue weighted by molar-refractivity contribution is -0.161. The molecule has 0 aromatic heterocycles. The minimum atomic E-state index is -5.01. The summed E-state index contributed by atoms with van der Waals surface area (Å²) in [5, 5.41) is 10.7. The van der Waals surface area contributed by atoms with Crippen LogP contribution in [0.2, 0.25) is 0 Å². The second-order valence-electron chi connectivity index (χ2n) is 26.6. The van der Waals surface area contributed by atoms with Gasteiger partial charge in [0.05, 0.1) is 26.4 Å². The van der Waals surface area contributed by atoms with Crippen molar-refractivity contribution in [2.24, 2.45) is 0 Å². The number of carbonyl (C=O) groups is 4. The molecule has 17 nitrogen and oxygen atoms in total. The van der Waals surface area contributed by atoms with Gasteiger partial charge in [-0.1, -0.05) is 276 Å². The van der Waals surface area contributed by atoms with E-state index in [-0.39, 0.29) is 25.7 Å². The lowest BCUT2D eigenvalue weighted by Gasteiger charge is -2.21. The zero-order valence-electron chi connectivity index (χ0n) is 66.1. The summed E-state index contributed by atoms with van der Waals surface area (Å²) in [5.74, 6) is -2.33. The molecule has 0 aromatic carbocycles. The van der Waals surface area contributed by atoms with E-state index in [9.17, 15) is 43.2 Å². The van der Waals surface area contributed by atoms with Crippen LogP contribution in [0.1, 0.15) is 310 Å². The Hall–Kier alpha value is -5.32. The van der Waals surface area contributed by atoms with E-state index < -0.39 is 97.5 Å². The summed E-state index contributed by atoms with van der Waals surface area (Å²) in [4.78, 5) is 73.1. The first-order chi connectivity index (χ1) is 51.7. The number of hydrogen-bond donors (Lipinski definition) is 3. The summed E-state index contributed by atoms with van der Waals surface area (Å²) in [5.41, 5.74) is 0. The number of rotatable bonds is 75. The lowest BCUT2D eigenvalue weighted by Crippen LogP contribution is -2.30. The molecule has 0 spiro atoms. The Bertz CT molecular complexity index is 2630. The van der Waals surface area contributed by atoms with Crippen molar-refractivity contribution in [1.82, 2.24) is 0 Å². The van der Waals surface area contributed by atoms with Gasteiger partial charge >= 0.3 is 39.5 Å². The summed E-state index contributed by atoms with van der Waals surface area (Å²) in [7, 11) is -10.0. The third kappa shape index (κ3) is 76.9. The van der Waals surface area contributed by atoms with Crippen LogP contribution in [-0.2, 0) is 65.4 Å². The van der Waals surface area contributed by atoms with E-state index >= 15 is 0 Å². The second-order valence-corrected chi connectivity index (χ2v) is 29.5. The Morgan fingerprint density at radius 1 is 0.274 bits per heavy atom. The summed E-state index contributed by atoms with van der Waals surface area (Å²) in [6, 6.07) is 0. The van der Waals surface area contributed by atoms with E-state index in [0.717, 1.165) is 167 Å². The smallest absolute Gasteiger partial charge is 0.462 e. The largest absolute Gasteiger partial charge is 0.472 e. The first kappa shape index (κ1) is 101. The van der Waals surface area contributed by atoms with Crippen molar-refractivity contribution in [2.75, 3.05) is 39.6 Å². The SMILES string of the molecule is CCC=CCC=CCC=CCC=CCC=CCC=CCCC(=O)OCC(COP(=O)(O)OCC(O)COP(=O)(O)OCC(COC(=O)CCCCCCCC=CCC=CCCCCC)OC(=O)CCCCCCCC=CCC=CCCCCC)OC(=O)CCCCCCC=CCC=CCC=CCCCCC. The van der Waals surface area contributed by atoms with Gasteiger partial charge in [0, 0.05) is 25.7 Å². The number of ether oxygens (including phenoxy) is 4. The number of phosphoric ester groups is 2. The number of unbranched alkanes of at least 4 members (excludes halogenated alkanes) is 23. The Morgan fingerprint density at radius 2 is 0.509 bits per heavy atom. The highest BCUT2D eigenvalue weighted by molar-refractivity contribution is 7.47. The van der Waals surface area contributed by atoms with Gasteiger partial charge in [0.1, 0.15) is 19.3 Å². The third-order valence-corrected chi connectivity index (χ3v) is 18.4. The Kier molecular flexibility index (Phi) is 73.9. The van der Waals surface area contributed by atoms with E-state index in [0.29, 0.717) is 32.1 Å². The Labute approximate surface area is 642 Å². The van der Waals surface area contributed by atoms with Crippen LogP contribution in [-0.4, -0.2) is 96.7 Å². The van der Waals surface area contributed by atoms with Gasteiger partial charge < -0.3 is 33.8 Å². The van der Waals surface area contributed by atoms with Gasteiger partial charge in [0.15, 0.2) is 12.2 Å². The fraction of sp³-hybridized carbons (Fsp3) is 0.655. The molecule has 0 aromatic rings. The molecule has 5 unspecified atom stereocenters. The second kappa shape index (κ2) is 77.8. The average Bonchev–Trinajstić information content (AvgIpc) is 0.902. The summed E-state index contributed by atoms with van der Waals surface area (Å²) < 4.78 is 68.5. The summed E-state index contributed by atoms with van der Waals surface area (Å²) in [6.45, 7) is 4.54. The van der Waals surface area contributed by atoms with Crippen LogP contribution in [0.5, 0.6) is 0 Å². The topological polar surface area (TPSA) is 237 Å². The number of esters is 4. The molecule has 0 amide bonds. The lowest BCUT2D eigenvalue weighted by atomic mass is 10.1. The van der Waals surface area contributed by atoms with Gasteiger partial charge in [-0.05, 0) is 167 Å². The van der Waals surface area contributed by atoms with Crippen molar-refractivity contribution in [3.8, 4) is 0 Å². The Morgan fingerprint density at radius 3 is 0.811 bits per heavy atom. The van der Waals surface area contributed by atoms with Gasteiger partial charge in [-0.15, -0.1) is 0 Å². The molecule has 0 saturated carbocycles. The highest BCUT2D eigenvalue weighted by atomic mass is 31.2. The normalized spacial score (nSPS) is 14.7. The summed E-state index contributed by atoms with van der Waals surface area (Å²) in [6.07, 6.45) is 90.8. The van der Waals surface area contributed by atoms with Gasteiger partial charge in [-0.3, -0.25) is 37.3 Å². The first-order valence-electron chi connectivity index (χ1n) is 40.7. The quantitative estimate of drug-likeness (QED) is 0.0169. The zero-order valence-corrected chi connectivity index (χ0v) is 67.8. The predicted molar refractivity (Wildman–Crippen MR) is 436 cm³/mol. The molecule has 106 heavy (non-hydrogen) atoms. The van der Waals surface area contributed by atoms with Crippen molar-refractivity contribution in [3.05, 3.63) is 158 Å². The van der Waals surface area contributed by atoms with Crippen LogP contribution < -0.4 is 0 Å². The molecule has 0 fully saturated rings. The number of hydrogen-bond acceptors (Lipinski definition) is 15. The molecule has 604 valence electrons. The summed E-state index contributed by atoms with van der Waals surface area (Å²) >= 11 is 0. The number of carbonyl (C=O) groups excluding carboxylic acids is 4. The molecule has 0 aliphatic heterocycles. The van der Waals surface area contributed by atoms with Crippen molar-refractivity contribution < 1.29 is 80.2 Å². The molecule has 0 bridgehead atoms. The predicted octanol–water partition coefficient (Wildman–Crippen LogP) is 24.0. The van der Waals surface area contributed by atoms with Gasteiger partial charge in [0.25, 0.3) is 0 Å². The van der Waals surface area contributed by atoms with Crippen LogP contribution in [0.15, 0.2) is 158 Å². The van der Waals surface area contributed by atoms with E-state index in [2.05, 4.69) is 167 Å². The van der Waals surface area contributed by atoms with Crippen molar-refractivity contribution in [2.45, 2.75) is 329 Å². The monoisotopic (exact) mass is 1520 g/mol. The maximum atomic E-state index is 13.1. The Balaban J connectivity index is 5.49. The minimum Gasteiger partial charge on any atom is -0.462 e. The van der Waals surface area contributed by atoms with Crippen LogP contribution in [0, 0.1) is 0 Å².